The summed E-state index contributed by atoms with van der Waals surface area (Å²) in [5.41, 5.74) is 11.3. The second kappa shape index (κ2) is 13.5. The average Bonchev–Trinajstić information content (AvgIpc) is 3.80. The molecule has 0 fully saturated rings. The molecule has 5 nitrogen and oxygen atoms in total. The molecular weight excluding hydrogens is 832 g/mol. The number of amidine groups is 1. The maximum atomic E-state index is 6.74. The second-order valence-electron chi connectivity index (χ2n) is 15.6. The number of aromatic nitrogens is 2. The third-order valence-electron chi connectivity index (χ3n) is 10.6. The van der Waals surface area contributed by atoms with Crippen molar-refractivity contribution >= 4 is 27.8 Å². The number of rotatable bonds is 6. The molecule has 0 saturated heterocycles. The smallest absolute Gasteiger partial charge is 0.503 e. The standard InChI is InChI=1S/C47H42N4O.Pt/c1-29(2)33-23-34(45-49-43(31-13-8-7-9-14-31)44-39-16-11-10-15-32(39)28-50(44)45)25-38(24-33)52-37-22-30(3)21-36(27-37)51-42-19-18-35(47(4,5)6)26-41(42)40-17-12-20-48-46(40)51;/h7-24,26,29,43-44H,28H2,1-6H3;/q-2;+2/t43-,44+;/m1./s1. The fourth-order valence-electron chi connectivity index (χ4n) is 7.96. The fourth-order valence-corrected chi connectivity index (χ4v) is 7.96. The number of aryl methyl sites for hydroxylation is 1. The van der Waals surface area contributed by atoms with Gasteiger partial charge in [-0.1, -0.05) is 120 Å². The molecule has 0 N–H and O–H groups in total. The van der Waals surface area contributed by atoms with E-state index >= 15 is 0 Å². The number of aliphatic imine (C=N–C) groups is 1. The van der Waals surface area contributed by atoms with E-state index in [1.807, 2.05) is 18.3 Å². The van der Waals surface area contributed by atoms with E-state index in [1.54, 1.807) is 0 Å². The number of benzene rings is 5. The van der Waals surface area contributed by atoms with E-state index < -0.39 is 0 Å². The third-order valence-corrected chi connectivity index (χ3v) is 10.6. The number of hydrogen-bond acceptors (Lipinski definition) is 4. The average molecular weight is 874 g/mol. The summed E-state index contributed by atoms with van der Waals surface area (Å²) in [5, 5.41) is 2.31. The summed E-state index contributed by atoms with van der Waals surface area (Å²) in [7, 11) is 0. The molecule has 7 aromatic rings. The molecule has 0 unspecified atom stereocenters. The first kappa shape index (κ1) is 35.1. The first-order valence-electron chi connectivity index (χ1n) is 18.3. The van der Waals surface area contributed by atoms with Gasteiger partial charge in [0.05, 0.1) is 17.6 Å². The first-order valence-corrected chi connectivity index (χ1v) is 18.3. The van der Waals surface area contributed by atoms with E-state index in [-0.39, 0.29) is 44.5 Å². The Bertz CT molecular complexity index is 2530. The molecular formula is C47H42N4OPt. The van der Waals surface area contributed by atoms with Crippen molar-refractivity contribution in [3.8, 4) is 17.2 Å². The van der Waals surface area contributed by atoms with Crippen LogP contribution in [0.15, 0.2) is 120 Å². The summed E-state index contributed by atoms with van der Waals surface area (Å²) in [6, 6.07) is 46.4. The van der Waals surface area contributed by atoms with E-state index in [1.165, 1.54) is 33.2 Å². The van der Waals surface area contributed by atoms with E-state index in [0.717, 1.165) is 45.7 Å². The molecule has 0 aliphatic carbocycles. The minimum absolute atomic E-state index is 0. The normalized spacial score (nSPS) is 16.5. The van der Waals surface area contributed by atoms with Gasteiger partial charge in [-0.2, -0.15) is 5.56 Å². The Morgan fingerprint density at radius 1 is 0.811 bits per heavy atom. The monoisotopic (exact) mass is 873 g/mol. The van der Waals surface area contributed by atoms with E-state index in [2.05, 4.69) is 160 Å². The van der Waals surface area contributed by atoms with Crippen LogP contribution in [0.25, 0.3) is 27.6 Å². The van der Waals surface area contributed by atoms with Crippen molar-refractivity contribution in [3.05, 3.63) is 166 Å². The van der Waals surface area contributed by atoms with E-state index in [0.29, 0.717) is 11.5 Å². The zero-order valence-electron chi connectivity index (χ0n) is 30.9. The van der Waals surface area contributed by atoms with Gasteiger partial charge in [-0.25, -0.2) is 4.98 Å². The molecule has 2 aromatic heterocycles. The SMILES string of the molecule is Cc1cc(Oc2[c-]c(C3=N[C@H](c4ccccc4)[C@@H]4c5ccccc5CN34)cc(C(C)C)c2)[c-]c(-n2c3ccc(C(C)(C)C)cc3c3cccnc32)c1.[Pt+2]. The topological polar surface area (TPSA) is 42.6 Å². The van der Waals surface area contributed by atoms with Gasteiger partial charge in [0.15, 0.2) is 0 Å². The molecule has 0 amide bonds. The fraction of sp³-hybridized carbons (Fsp3) is 0.234. The number of pyridine rings is 1. The summed E-state index contributed by atoms with van der Waals surface area (Å²) in [4.78, 5) is 12.8. The van der Waals surface area contributed by atoms with Crippen LogP contribution in [0.3, 0.4) is 0 Å². The van der Waals surface area contributed by atoms with Crippen LogP contribution in [0, 0.1) is 19.1 Å². The zero-order valence-corrected chi connectivity index (χ0v) is 33.2. The van der Waals surface area contributed by atoms with Gasteiger partial charge in [-0.15, -0.1) is 35.4 Å². The molecule has 53 heavy (non-hydrogen) atoms. The largest absolute Gasteiger partial charge is 2.00 e. The van der Waals surface area contributed by atoms with Crippen LogP contribution in [-0.4, -0.2) is 20.3 Å². The van der Waals surface area contributed by atoms with Gasteiger partial charge in [0.25, 0.3) is 0 Å². The Morgan fingerprint density at radius 3 is 2.38 bits per heavy atom. The first-order chi connectivity index (χ1) is 25.1. The van der Waals surface area contributed by atoms with Gasteiger partial charge in [0.2, 0.25) is 0 Å². The Balaban J connectivity index is 0.00000400. The predicted molar refractivity (Wildman–Crippen MR) is 211 cm³/mol. The summed E-state index contributed by atoms with van der Waals surface area (Å²) in [5.74, 6) is 2.54. The quantitative estimate of drug-likeness (QED) is 0.156. The molecule has 0 spiro atoms. The van der Waals surface area contributed by atoms with E-state index in [9.17, 15) is 0 Å². The summed E-state index contributed by atoms with van der Waals surface area (Å²) in [6.07, 6.45) is 1.86. The van der Waals surface area contributed by atoms with Gasteiger partial charge >= 0.3 is 21.1 Å². The molecule has 2 atom stereocenters. The van der Waals surface area contributed by atoms with Crippen LogP contribution in [0.4, 0.5) is 0 Å². The van der Waals surface area contributed by atoms with Crippen LogP contribution in [0.1, 0.15) is 91.6 Å². The van der Waals surface area contributed by atoms with Crippen molar-refractivity contribution < 1.29 is 25.8 Å². The maximum absolute atomic E-state index is 6.74. The second-order valence-corrected chi connectivity index (χ2v) is 15.6. The van der Waals surface area contributed by atoms with Crippen molar-refractivity contribution in [1.82, 2.24) is 14.5 Å². The Labute approximate surface area is 326 Å². The van der Waals surface area contributed by atoms with Gasteiger partial charge < -0.3 is 19.2 Å². The number of fused-ring (bicyclic) bond motifs is 6. The molecule has 2 aliphatic heterocycles. The maximum Gasteiger partial charge on any atom is 2.00 e. The van der Waals surface area contributed by atoms with Crippen LogP contribution in [0.2, 0.25) is 0 Å². The molecule has 6 heteroatoms. The van der Waals surface area contributed by atoms with Crippen molar-refractivity contribution in [3.63, 3.8) is 0 Å². The summed E-state index contributed by atoms with van der Waals surface area (Å²) >= 11 is 0. The minimum Gasteiger partial charge on any atom is -0.503 e. The van der Waals surface area contributed by atoms with Crippen molar-refractivity contribution in [2.45, 2.75) is 71.5 Å². The van der Waals surface area contributed by atoms with Gasteiger partial charge in [0.1, 0.15) is 5.65 Å². The van der Waals surface area contributed by atoms with Crippen molar-refractivity contribution in [2.75, 3.05) is 0 Å². The van der Waals surface area contributed by atoms with Crippen LogP contribution in [0.5, 0.6) is 11.5 Å². The molecule has 5 aromatic carbocycles. The third kappa shape index (κ3) is 6.19. The zero-order chi connectivity index (χ0) is 35.7. The van der Waals surface area contributed by atoms with Gasteiger partial charge in [-0.05, 0) is 57.9 Å². The van der Waals surface area contributed by atoms with E-state index in [4.69, 9.17) is 14.7 Å². The Morgan fingerprint density at radius 2 is 1.58 bits per heavy atom. The molecule has 0 radical (unpaired) electrons. The van der Waals surface area contributed by atoms with Gasteiger partial charge in [-0.3, -0.25) is 0 Å². The van der Waals surface area contributed by atoms with Crippen LogP contribution >= 0.6 is 0 Å². The summed E-state index contributed by atoms with van der Waals surface area (Å²) < 4.78 is 8.95. The molecule has 9 rings (SSSR count). The molecule has 0 bridgehead atoms. The number of nitrogens with zero attached hydrogens (tertiary/aromatic N) is 4. The molecule has 4 heterocycles. The van der Waals surface area contributed by atoms with Crippen molar-refractivity contribution in [1.29, 1.82) is 0 Å². The number of hydrogen-bond donors (Lipinski definition) is 0. The Hall–Kier alpha value is -4.99. The molecule has 2 aliphatic rings. The summed E-state index contributed by atoms with van der Waals surface area (Å²) in [6.45, 7) is 14.1. The van der Waals surface area contributed by atoms with Crippen molar-refractivity contribution in [2.24, 2.45) is 4.99 Å². The van der Waals surface area contributed by atoms with Crippen LogP contribution < -0.4 is 4.74 Å². The Kier molecular flexibility index (Phi) is 8.90. The molecule has 266 valence electrons. The predicted octanol–water partition coefficient (Wildman–Crippen LogP) is 11.4. The number of ether oxygens (including phenoxy) is 1. The van der Waals surface area contributed by atoms with Crippen LogP contribution in [-0.2, 0) is 33.0 Å². The molecule has 0 saturated carbocycles. The van der Waals surface area contributed by atoms with Gasteiger partial charge in [0, 0.05) is 40.8 Å². The minimum atomic E-state index is -0.00714.